The highest BCUT2D eigenvalue weighted by Crippen LogP contribution is 2.31. The van der Waals surface area contributed by atoms with Gasteiger partial charge < -0.3 is 10.0 Å². The van der Waals surface area contributed by atoms with Crippen LogP contribution in [0.5, 0.6) is 0 Å². The topological polar surface area (TPSA) is 99.9 Å². The molecule has 1 saturated heterocycles. The molecule has 3 rings (SSSR count). The molecule has 1 atom stereocenters. The maximum atomic E-state index is 13.1. The summed E-state index contributed by atoms with van der Waals surface area (Å²) < 4.78 is 1.85. The second-order valence-corrected chi connectivity index (χ2v) is 6.80. The molecule has 0 bridgehead atoms. The second-order valence-electron chi connectivity index (χ2n) is 6.80. The quantitative estimate of drug-likeness (QED) is 0.860. The summed E-state index contributed by atoms with van der Waals surface area (Å²) in [6.45, 7) is 6.93. The van der Waals surface area contributed by atoms with Crippen molar-refractivity contribution in [1.29, 1.82) is 0 Å². The van der Waals surface area contributed by atoms with Crippen LogP contribution < -0.4 is 0 Å². The molecular formula is C17H26N6O2. The van der Waals surface area contributed by atoms with Gasteiger partial charge in [-0.3, -0.25) is 9.48 Å². The molecule has 8 heteroatoms. The fourth-order valence-corrected chi connectivity index (χ4v) is 3.60. The summed E-state index contributed by atoms with van der Waals surface area (Å²) in [4.78, 5) is 14.8. The molecule has 0 aliphatic carbocycles. The van der Waals surface area contributed by atoms with E-state index in [2.05, 4.69) is 34.4 Å². The van der Waals surface area contributed by atoms with Crippen LogP contribution in [0.25, 0.3) is 0 Å². The van der Waals surface area contributed by atoms with Gasteiger partial charge in [0.15, 0.2) is 0 Å². The third-order valence-corrected chi connectivity index (χ3v) is 5.02. The number of hydrogen-bond donors (Lipinski definition) is 2. The highest BCUT2D eigenvalue weighted by atomic mass is 16.3. The number of piperidine rings is 1. The Hall–Kier alpha value is -2.22. The zero-order valence-corrected chi connectivity index (χ0v) is 15.1. The van der Waals surface area contributed by atoms with E-state index in [0.29, 0.717) is 30.8 Å². The number of hydrogen-bond acceptors (Lipinski definition) is 5. The van der Waals surface area contributed by atoms with E-state index in [9.17, 15) is 9.90 Å². The molecule has 2 N–H and O–H groups in total. The van der Waals surface area contributed by atoms with E-state index in [4.69, 9.17) is 0 Å². The summed E-state index contributed by atoms with van der Waals surface area (Å²) in [6.07, 6.45) is 4.63. The van der Waals surface area contributed by atoms with E-state index in [1.54, 1.807) is 4.90 Å². The predicted octanol–water partition coefficient (Wildman–Crippen LogP) is 1.79. The lowest BCUT2D eigenvalue weighted by molar-refractivity contribution is -0.0324. The maximum Gasteiger partial charge on any atom is 0.272 e. The van der Waals surface area contributed by atoms with Gasteiger partial charge in [0.2, 0.25) is 0 Å². The predicted molar refractivity (Wildman–Crippen MR) is 92.0 cm³/mol. The minimum absolute atomic E-state index is 0.0888. The molecule has 0 saturated carbocycles. The minimum atomic E-state index is -1.16. The molecule has 3 heterocycles. The van der Waals surface area contributed by atoms with Gasteiger partial charge in [0.25, 0.3) is 5.91 Å². The van der Waals surface area contributed by atoms with Crippen molar-refractivity contribution in [3.63, 3.8) is 0 Å². The monoisotopic (exact) mass is 346 g/mol. The minimum Gasteiger partial charge on any atom is -0.382 e. The van der Waals surface area contributed by atoms with Crippen LogP contribution >= 0.6 is 0 Å². The highest BCUT2D eigenvalue weighted by molar-refractivity contribution is 5.93. The lowest BCUT2D eigenvalue weighted by Crippen LogP contribution is -2.49. The Bertz CT molecular complexity index is 722. The summed E-state index contributed by atoms with van der Waals surface area (Å²) >= 11 is 0. The first-order valence-corrected chi connectivity index (χ1v) is 8.92. The molecule has 0 aromatic carbocycles. The van der Waals surface area contributed by atoms with Gasteiger partial charge in [-0.25, -0.2) is 0 Å². The highest BCUT2D eigenvalue weighted by Gasteiger charge is 2.39. The van der Waals surface area contributed by atoms with Crippen LogP contribution in [-0.2, 0) is 5.60 Å². The van der Waals surface area contributed by atoms with Crippen molar-refractivity contribution in [3.8, 4) is 0 Å². The van der Waals surface area contributed by atoms with Crippen LogP contribution in [0.4, 0.5) is 0 Å². The third-order valence-electron chi connectivity index (χ3n) is 5.02. The number of nitrogens with zero attached hydrogens (tertiary/aromatic N) is 5. The molecular weight excluding hydrogens is 320 g/mol. The van der Waals surface area contributed by atoms with Gasteiger partial charge in [0, 0.05) is 6.54 Å². The molecule has 8 nitrogen and oxygen atoms in total. The largest absolute Gasteiger partial charge is 0.382 e. The number of H-pyrrole nitrogens is 1. The van der Waals surface area contributed by atoms with Gasteiger partial charge in [0.05, 0.1) is 24.5 Å². The molecule has 1 fully saturated rings. The lowest BCUT2D eigenvalue weighted by Gasteiger charge is -2.38. The average Bonchev–Trinajstić information content (AvgIpc) is 3.26. The number of carbonyl (C=O) groups is 1. The number of likely N-dealkylation sites (tertiary alicyclic amines) is 1. The molecule has 1 aliphatic heterocycles. The molecule has 1 amide bonds. The number of amides is 1. The molecule has 2 aromatic heterocycles. The fraction of sp³-hybridized carbons (Fsp3) is 0.647. The Morgan fingerprint density at radius 1 is 1.44 bits per heavy atom. The Morgan fingerprint density at radius 3 is 2.84 bits per heavy atom. The van der Waals surface area contributed by atoms with Crippen molar-refractivity contribution in [3.05, 3.63) is 29.3 Å². The Labute approximate surface area is 147 Å². The number of rotatable bonds is 5. The van der Waals surface area contributed by atoms with Crippen LogP contribution in [0, 0.1) is 6.92 Å². The van der Waals surface area contributed by atoms with Crippen LogP contribution in [-0.4, -0.2) is 54.2 Å². The van der Waals surface area contributed by atoms with E-state index in [1.165, 1.54) is 6.20 Å². The zero-order valence-electron chi connectivity index (χ0n) is 15.1. The van der Waals surface area contributed by atoms with Crippen molar-refractivity contribution in [2.75, 3.05) is 13.1 Å². The molecule has 1 aliphatic rings. The van der Waals surface area contributed by atoms with E-state index in [1.807, 2.05) is 17.7 Å². The molecule has 136 valence electrons. The van der Waals surface area contributed by atoms with Crippen LogP contribution in [0.3, 0.4) is 0 Å². The smallest absolute Gasteiger partial charge is 0.272 e. The summed E-state index contributed by atoms with van der Waals surface area (Å²) in [6, 6.07) is 2.04. The van der Waals surface area contributed by atoms with Crippen LogP contribution in [0.1, 0.15) is 67.4 Å². The van der Waals surface area contributed by atoms with E-state index in [-0.39, 0.29) is 18.5 Å². The third kappa shape index (κ3) is 3.30. The number of carbonyl (C=O) groups excluding carboxylic acids is 1. The van der Waals surface area contributed by atoms with Crippen LogP contribution in [0.15, 0.2) is 12.3 Å². The van der Waals surface area contributed by atoms with Crippen molar-refractivity contribution >= 4 is 5.91 Å². The van der Waals surface area contributed by atoms with E-state index >= 15 is 0 Å². The SMILES string of the molecule is CCC(CC)n1nc(C)cc1C(=O)N1CCC[C@](O)(c2cn[nH]n2)C1. The summed E-state index contributed by atoms with van der Waals surface area (Å²) in [5, 5.41) is 25.8. The number of aromatic nitrogens is 5. The maximum absolute atomic E-state index is 13.1. The van der Waals surface area contributed by atoms with Crippen molar-refractivity contribution in [2.45, 2.75) is 58.1 Å². The first-order chi connectivity index (χ1) is 12.0. The van der Waals surface area contributed by atoms with Crippen molar-refractivity contribution in [1.82, 2.24) is 30.1 Å². The summed E-state index contributed by atoms with van der Waals surface area (Å²) in [7, 11) is 0. The number of nitrogens with one attached hydrogen (secondary N) is 1. The fourth-order valence-electron chi connectivity index (χ4n) is 3.60. The number of β-amino-alcohol motifs (C(OH)–C–C–N with tert-alkyl or cyclic N) is 1. The van der Waals surface area contributed by atoms with Gasteiger partial charge in [-0.05, 0) is 38.7 Å². The first-order valence-electron chi connectivity index (χ1n) is 8.92. The standard InChI is InChI=1S/C17H26N6O2/c1-4-13(5-2)23-14(9-12(3)20-23)16(24)22-8-6-7-17(25,11-22)15-10-18-21-19-15/h9-10,13,25H,4-8,11H2,1-3H3,(H,18,19,21)/t17-/m1/s1. The number of aliphatic hydroxyl groups is 1. The normalized spacial score (nSPS) is 21.1. The van der Waals surface area contributed by atoms with Gasteiger partial charge in [-0.2, -0.15) is 20.5 Å². The molecule has 0 radical (unpaired) electrons. The number of aryl methyl sites for hydroxylation is 1. The molecule has 25 heavy (non-hydrogen) atoms. The summed E-state index contributed by atoms with van der Waals surface area (Å²) in [5.41, 5.74) is 0.750. The Morgan fingerprint density at radius 2 is 2.20 bits per heavy atom. The van der Waals surface area contributed by atoms with Crippen molar-refractivity contribution < 1.29 is 9.90 Å². The Kier molecular flexibility index (Phi) is 4.89. The molecule has 0 spiro atoms. The van der Waals surface area contributed by atoms with Gasteiger partial charge >= 0.3 is 0 Å². The molecule has 2 aromatic rings. The van der Waals surface area contributed by atoms with Gasteiger partial charge in [-0.1, -0.05) is 13.8 Å². The van der Waals surface area contributed by atoms with Gasteiger partial charge in [0.1, 0.15) is 17.0 Å². The first kappa shape index (κ1) is 17.6. The van der Waals surface area contributed by atoms with Gasteiger partial charge in [-0.15, -0.1) is 0 Å². The number of aromatic amines is 1. The summed E-state index contributed by atoms with van der Waals surface area (Å²) in [5.74, 6) is -0.0888. The lowest BCUT2D eigenvalue weighted by atomic mass is 9.90. The van der Waals surface area contributed by atoms with E-state index in [0.717, 1.165) is 18.5 Å². The van der Waals surface area contributed by atoms with Crippen molar-refractivity contribution in [2.24, 2.45) is 0 Å². The zero-order chi connectivity index (χ0) is 18.0. The second kappa shape index (κ2) is 6.95. The van der Waals surface area contributed by atoms with Crippen LogP contribution in [0.2, 0.25) is 0 Å². The average molecular weight is 346 g/mol. The Balaban J connectivity index is 1.86. The van der Waals surface area contributed by atoms with E-state index < -0.39 is 5.60 Å². The molecule has 0 unspecified atom stereocenters.